The van der Waals surface area contributed by atoms with E-state index in [1.807, 2.05) is 20.8 Å². The highest BCUT2D eigenvalue weighted by atomic mass is 32.2. The molecular weight excluding hydrogens is 1060 g/mol. The molecule has 0 radical (unpaired) electrons. The molecule has 0 atom stereocenters. The molecule has 0 amide bonds. The molecule has 22 nitrogen and oxygen atoms in total. The Morgan fingerprint density at radius 3 is 1.75 bits per heavy atom. The van der Waals surface area contributed by atoms with Crippen molar-refractivity contribution < 1.29 is 51.9 Å². The van der Waals surface area contributed by atoms with Gasteiger partial charge in [0.1, 0.15) is 32.9 Å². The maximum Gasteiger partial charge on any atom is 0.295 e. The predicted molar refractivity (Wildman–Crippen MR) is 274 cm³/mol. The molecule has 0 saturated carbocycles. The van der Waals surface area contributed by atoms with Gasteiger partial charge in [-0.1, -0.05) is 55.6 Å². The molecule has 4 aromatic carbocycles. The highest BCUT2D eigenvalue weighted by molar-refractivity contribution is 7.86. The fraction of sp³-hybridized carbons (Fsp3) is 0.222. The molecule has 4 aromatic heterocycles. The van der Waals surface area contributed by atoms with Crippen LogP contribution in [0.25, 0.3) is 25.6 Å². The minimum absolute atomic E-state index is 0.000726. The molecule has 0 saturated heterocycles. The molecule has 8 aromatic rings. The number of aryl methyl sites for hydroxylation is 4. The van der Waals surface area contributed by atoms with E-state index < -0.39 is 55.7 Å². The van der Waals surface area contributed by atoms with E-state index in [-0.39, 0.29) is 92.6 Å². The van der Waals surface area contributed by atoms with E-state index in [0.29, 0.717) is 27.0 Å². The molecule has 0 fully saturated rings. The van der Waals surface area contributed by atoms with Crippen molar-refractivity contribution in [3.8, 4) is 11.2 Å². The standard InChI is InChI=1S/C45H42N10O12S6/c1-21-16-23(3)38(72(62,63)64)25(5)36(21)50-41-32(51-52-42-29(20-46)40(45(7,8)9)53-55(42)44-48-31-13-11-28(71(59,60)61)19-34(31)69-44)14-15-35(49-41)54(37-22(2)17-24(4)39(26(37)6)73(65,66)67)43-47-30-12-10-27(70(56,57)58)18-33(30)68-43/h10-19H,1-9H3,(H,49,50)(H,56,57,58)(H,59,60,61)(H,62,63,64)(H,65,66,67). The zero-order valence-electron chi connectivity index (χ0n) is 39.8. The summed E-state index contributed by atoms with van der Waals surface area (Å²) in [5.41, 5.74) is 2.00. The fourth-order valence-electron chi connectivity index (χ4n) is 8.48. The van der Waals surface area contributed by atoms with Crippen molar-refractivity contribution in [3.05, 3.63) is 105 Å². The summed E-state index contributed by atoms with van der Waals surface area (Å²) < 4.78 is 142. The van der Waals surface area contributed by atoms with Gasteiger partial charge in [-0.15, -0.1) is 10.2 Å². The van der Waals surface area contributed by atoms with E-state index in [2.05, 4.69) is 26.6 Å². The number of nitrogens with one attached hydrogen (secondary N) is 1. The lowest BCUT2D eigenvalue weighted by Gasteiger charge is -2.27. The van der Waals surface area contributed by atoms with Crippen LogP contribution >= 0.6 is 22.7 Å². The van der Waals surface area contributed by atoms with Crippen molar-refractivity contribution in [1.29, 1.82) is 5.26 Å². The van der Waals surface area contributed by atoms with E-state index >= 15 is 0 Å². The first kappa shape index (κ1) is 52.7. The summed E-state index contributed by atoms with van der Waals surface area (Å²) in [5, 5.41) is 27.9. The van der Waals surface area contributed by atoms with E-state index in [4.69, 9.17) is 15.1 Å². The first-order valence-corrected chi connectivity index (χ1v) is 28.6. The number of pyridine rings is 1. The Hall–Kier alpha value is -6.65. The zero-order valence-corrected chi connectivity index (χ0v) is 44.7. The van der Waals surface area contributed by atoms with Crippen LogP contribution in [0.5, 0.6) is 0 Å². The van der Waals surface area contributed by atoms with Crippen LogP contribution in [-0.4, -0.2) is 76.6 Å². The lowest BCUT2D eigenvalue weighted by atomic mass is 9.90. The van der Waals surface area contributed by atoms with Crippen LogP contribution in [0.4, 0.5) is 39.6 Å². The highest BCUT2D eigenvalue weighted by Crippen LogP contribution is 2.46. The van der Waals surface area contributed by atoms with Gasteiger partial charge in [-0.25, -0.2) is 15.0 Å². The van der Waals surface area contributed by atoms with E-state index in [1.54, 1.807) is 13.8 Å². The predicted octanol–water partition coefficient (Wildman–Crippen LogP) is 10.1. The Bertz CT molecular complexity index is 4210. The van der Waals surface area contributed by atoms with Crippen LogP contribution < -0.4 is 10.2 Å². The number of hydrogen-bond acceptors (Lipinski definition) is 19. The van der Waals surface area contributed by atoms with Crippen molar-refractivity contribution in [2.24, 2.45) is 10.2 Å². The molecule has 5 N–H and O–H groups in total. The summed E-state index contributed by atoms with van der Waals surface area (Å²) in [6, 6.07) is 15.7. The SMILES string of the molecule is Cc1cc(C)c(S(=O)(=O)O)c(C)c1Nc1nc(N(c2nc3ccc(S(=O)(=O)O)cc3s2)c2c(C)cc(C)c(S(=O)(=O)O)c2C)ccc1N=Nc1c(C#N)c(C(C)(C)C)nn1-c1nc2ccc(S(=O)(=O)O)cc2s1. The Labute approximate surface area is 426 Å². The van der Waals surface area contributed by atoms with Gasteiger partial charge in [-0.05, 0) is 123 Å². The van der Waals surface area contributed by atoms with Crippen LogP contribution in [-0.2, 0) is 45.9 Å². The summed E-state index contributed by atoms with van der Waals surface area (Å²) in [5.74, 6) is -0.245. The summed E-state index contributed by atoms with van der Waals surface area (Å²) in [4.78, 5) is 14.2. The molecule has 8 rings (SSSR count). The first-order valence-electron chi connectivity index (χ1n) is 21.2. The van der Waals surface area contributed by atoms with Gasteiger partial charge < -0.3 is 5.32 Å². The number of azo groups is 1. The first-order chi connectivity index (χ1) is 33.8. The van der Waals surface area contributed by atoms with Gasteiger partial charge in [0.2, 0.25) is 5.13 Å². The van der Waals surface area contributed by atoms with Crippen LogP contribution in [0, 0.1) is 52.9 Å². The number of rotatable bonds is 12. The molecule has 28 heteroatoms. The maximum absolute atomic E-state index is 13.0. The number of thiazole rings is 2. The quantitative estimate of drug-likeness (QED) is 0.0561. The molecule has 0 spiro atoms. The lowest BCUT2D eigenvalue weighted by molar-refractivity contribution is 0.479. The zero-order chi connectivity index (χ0) is 53.7. The number of nitriles is 1. The minimum Gasteiger partial charge on any atom is -0.338 e. The third-order valence-corrected chi connectivity index (χ3v) is 17.4. The topological polar surface area (TPSA) is 338 Å². The van der Waals surface area contributed by atoms with Crippen molar-refractivity contribution in [2.75, 3.05) is 10.2 Å². The molecule has 380 valence electrons. The van der Waals surface area contributed by atoms with Crippen molar-refractivity contribution in [1.82, 2.24) is 24.7 Å². The number of fused-ring (bicyclic) bond motifs is 2. The van der Waals surface area contributed by atoms with Crippen molar-refractivity contribution in [2.45, 2.75) is 87.3 Å². The Balaban J connectivity index is 1.41. The number of aromatic nitrogens is 5. The van der Waals surface area contributed by atoms with E-state index in [1.165, 1.54) is 91.9 Å². The number of hydrogen-bond donors (Lipinski definition) is 5. The van der Waals surface area contributed by atoms with Crippen LogP contribution in [0.2, 0.25) is 0 Å². The Morgan fingerprint density at radius 1 is 0.658 bits per heavy atom. The third kappa shape index (κ3) is 10.1. The fourth-order valence-corrected chi connectivity index (χ4v) is 13.5. The second-order valence-electron chi connectivity index (χ2n) is 17.8. The van der Waals surface area contributed by atoms with Gasteiger partial charge in [0.05, 0.1) is 41.6 Å². The maximum atomic E-state index is 13.0. The van der Waals surface area contributed by atoms with Crippen molar-refractivity contribution >= 4 is 123 Å². The van der Waals surface area contributed by atoms with Gasteiger partial charge in [0.15, 0.2) is 16.8 Å². The van der Waals surface area contributed by atoms with Crippen LogP contribution in [0.1, 0.15) is 65.4 Å². The van der Waals surface area contributed by atoms with E-state index in [9.17, 15) is 57.1 Å². The number of benzene rings is 4. The molecule has 0 aliphatic rings. The minimum atomic E-state index is -4.86. The molecule has 0 aliphatic heterocycles. The second-order valence-corrected chi connectivity index (χ2v) is 25.4. The molecular formula is C45H42N10O12S6. The van der Waals surface area contributed by atoms with E-state index in [0.717, 1.165) is 28.7 Å². The summed E-state index contributed by atoms with van der Waals surface area (Å²) in [7, 11) is -18.9. The number of nitrogens with zero attached hydrogens (tertiary/aromatic N) is 9. The van der Waals surface area contributed by atoms with Gasteiger partial charge in [0, 0.05) is 11.1 Å². The molecule has 0 aliphatic carbocycles. The molecule has 73 heavy (non-hydrogen) atoms. The molecule has 4 heterocycles. The largest absolute Gasteiger partial charge is 0.338 e. The summed E-state index contributed by atoms with van der Waals surface area (Å²) in [6.45, 7) is 14.7. The third-order valence-electron chi connectivity index (χ3n) is 11.4. The summed E-state index contributed by atoms with van der Waals surface area (Å²) >= 11 is 1.93. The van der Waals surface area contributed by atoms with Gasteiger partial charge in [-0.2, -0.15) is 48.7 Å². The highest BCUT2D eigenvalue weighted by Gasteiger charge is 2.32. The smallest absolute Gasteiger partial charge is 0.295 e. The number of anilines is 5. The van der Waals surface area contributed by atoms with Crippen LogP contribution in [0.3, 0.4) is 0 Å². The van der Waals surface area contributed by atoms with Crippen molar-refractivity contribution in [3.63, 3.8) is 0 Å². The van der Waals surface area contributed by atoms with Crippen LogP contribution in [0.15, 0.2) is 90.5 Å². The van der Waals surface area contributed by atoms with Gasteiger partial charge in [-0.3, -0.25) is 23.1 Å². The Kier molecular flexibility index (Phi) is 13.3. The summed E-state index contributed by atoms with van der Waals surface area (Å²) in [6.07, 6.45) is 0. The molecule has 0 unspecified atom stereocenters. The molecule has 0 bridgehead atoms. The average Bonchev–Trinajstić information content (AvgIpc) is 3.98. The second kappa shape index (κ2) is 18.4. The van der Waals surface area contributed by atoms with Gasteiger partial charge >= 0.3 is 0 Å². The average molecular weight is 1110 g/mol. The Morgan fingerprint density at radius 2 is 1.21 bits per heavy atom. The van der Waals surface area contributed by atoms with Gasteiger partial charge in [0.25, 0.3) is 40.5 Å². The normalized spacial score (nSPS) is 12.8. The lowest BCUT2D eigenvalue weighted by Crippen LogP contribution is -2.17. The monoisotopic (exact) mass is 1110 g/mol.